The minimum atomic E-state index is -0.0587. The second-order valence-corrected chi connectivity index (χ2v) is 6.54. The molecule has 7 nitrogen and oxygen atoms in total. The minimum absolute atomic E-state index is 0.0587. The van der Waals surface area contributed by atoms with Crippen LogP contribution in [0.5, 0.6) is 0 Å². The fraction of sp³-hybridized carbons (Fsp3) is 0.625. The van der Waals surface area contributed by atoms with Crippen LogP contribution in [0.4, 0.5) is 0 Å². The Hall–Kier alpha value is -2.02. The van der Waals surface area contributed by atoms with E-state index in [2.05, 4.69) is 20.0 Å². The van der Waals surface area contributed by atoms with Crippen LogP contribution in [0.1, 0.15) is 42.0 Å². The highest BCUT2D eigenvalue weighted by Gasteiger charge is 2.33. The molecule has 2 aliphatic rings. The topological polar surface area (TPSA) is 66.6 Å². The SMILES string of the molecule is Cc1ccnc2nc(C(=O)N3CCC[C@@H]3CN3CCCC3)nn12. The molecule has 2 aromatic rings. The largest absolute Gasteiger partial charge is 0.332 e. The van der Waals surface area contributed by atoms with Gasteiger partial charge in [-0.1, -0.05) is 0 Å². The van der Waals surface area contributed by atoms with Crippen molar-refractivity contribution in [3.63, 3.8) is 0 Å². The lowest BCUT2D eigenvalue weighted by Gasteiger charge is -2.27. The summed E-state index contributed by atoms with van der Waals surface area (Å²) in [4.78, 5) is 25.8. The van der Waals surface area contributed by atoms with Crippen molar-refractivity contribution in [2.45, 2.75) is 38.6 Å². The first-order chi connectivity index (χ1) is 11.2. The van der Waals surface area contributed by atoms with Crippen LogP contribution < -0.4 is 0 Å². The van der Waals surface area contributed by atoms with E-state index in [1.807, 2.05) is 17.9 Å². The van der Waals surface area contributed by atoms with Crippen molar-refractivity contribution in [3.05, 3.63) is 23.8 Å². The van der Waals surface area contributed by atoms with Gasteiger partial charge in [-0.3, -0.25) is 4.79 Å². The quantitative estimate of drug-likeness (QED) is 0.850. The Bertz CT molecular complexity index is 720. The average molecular weight is 314 g/mol. The van der Waals surface area contributed by atoms with Gasteiger partial charge >= 0.3 is 0 Å². The van der Waals surface area contributed by atoms with Gasteiger partial charge in [0.05, 0.1) is 0 Å². The number of aromatic nitrogens is 4. The minimum Gasteiger partial charge on any atom is -0.332 e. The molecular formula is C16H22N6O. The standard InChI is InChI=1S/C16H22N6O/c1-12-6-7-17-16-18-14(19-22(12)16)15(23)21-10-4-5-13(21)11-20-8-2-3-9-20/h6-7,13H,2-5,8-11H2,1H3/t13-/m1/s1. The number of likely N-dealkylation sites (tertiary alicyclic amines) is 2. The van der Waals surface area contributed by atoms with Crippen LogP contribution in [-0.4, -0.2) is 67.5 Å². The van der Waals surface area contributed by atoms with Gasteiger partial charge in [0.1, 0.15) is 0 Å². The van der Waals surface area contributed by atoms with E-state index < -0.39 is 0 Å². The van der Waals surface area contributed by atoms with Gasteiger partial charge in [-0.25, -0.2) is 9.50 Å². The van der Waals surface area contributed by atoms with Crippen molar-refractivity contribution in [2.24, 2.45) is 0 Å². The van der Waals surface area contributed by atoms with E-state index in [0.717, 1.165) is 44.7 Å². The predicted molar refractivity (Wildman–Crippen MR) is 85.3 cm³/mol. The molecule has 0 radical (unpaired) electrons. The molecule has 0 spiro atoms. The first-order valence-electron chi connectivity index (χ1n) is 8.44. The van der Waals surface area contributed by atoms with E-state index in [-0.39, 0.29) is 11.7 Å². The summed E-state index contributed by atoms with van der Waals surface area (Å²) in [6, 6.07) is 2.16. The van der Waals surface area contributed by atoms with Gasteiger partial charge in [0, 0.05) is 31.0 Å². The van der Waals surface area contributed by atoms with Crippen LogP contribution >= 0.6 is 0 Å². The van der Waals surface area contributed by atoms with Crippen LogP contribution in [-0.2, 0) is 0 Å². The van der Waals surface area contributed by atoms with Crippen molar-refractivity contribution in [1.29, 1.82) is 0 Å². The molecule has 1 atom stereocenters. The van der Waals surface area contributed by atoms with Crippen LogP contribution in [0, 0.1) is 6.92 Å². The lowest BCUT2D eigenvalue weighted by Crippen LogP contribution is -2.42. The highest BCUT2D eigenvalue weighted by atomic mass is 16.2. The van der Waals surface area contributed by atoms with Gasteiger partial charge in [-0.2, -0.15) is 4.98 Å². The number of hydrogen-bond donors (Lipinski definition) is 0. The van der Waals surface area contributed by atoms with Crippen LogP contribution in [0.15, 0.2) is 12.3 Å². The summed E-state index contributed by atoms with van der Waals surface area (Å²) in [5.41, 5.74) is 0.927. The molecule has 4 rings (SSSR count). The van der Waals surface area contributed by atoms with Gasteiger partial charge < -0.3 is 9.80 Å². The summed E-state index contributed by atoms with van der Waals surface area (Å²) in [6.45, 7) is 6.04. The Morgan fingerprint density at radius 2 is 2.09 bits per heavy atom. The van der Waals surface area contributed by atoms with E-state index >= 15 is 0 Å². The molecule has 0 bridgehead atoms. The Morgan fingerprint density at radius 1 is 1.26 bits per heavy atom. The lowest BCUT2D eigenvalue weighted by molar-refractivity contribution is 0.0696. The smallest absolute Gasteiger partial charge is 0.293 e. The second kappa shape index (κ2) is 5.88. The van der Waals surface area contributed by atoms with Crippen molar-refractivity contribution in [2.75, 3.05) is 26.2 Å². The number of hydrogen-bond acceptors (Lipinski definition) is 5. The highest BCUT2D eigenvalue weighted by molar-refractivity contribution is 5.91. The van der Waals surface area contributed by atoms with Crippen molar-refractivity contribution in [3.8, 4) is 0 Å². The van der Waals surface area contributed by atoms with Gasteiger partial charge in [0.2, 0.25) is 5.82 Å². The molecule has 122 valence electrons. The Labute approximate surface area is 135 Å². The molecule has 0 unspecified atom stereocenters. The third-order valence-corrected chi connectivity index (χ3v) is 4.93. The Balaban J connectivity index is 1.55. The molecule has 2 aromatic heterocycles. The molecule has 0 aromatic carbocycles. The van der Waals surface area contributed by atoms with E-state index in [4.69, 9.17) is 0 Å². The summed E-state index contributed by atoms with van der Waals surface area (Å²) in [5, 5.41) is 4.36. The summed E-state index contributed by atoms with van der Waals surface area (Å²) < 4.78 is 1.64. The van der Waals surface area contributed by atoms with E-state index in [1.165, 1.54) is 12.8 Å². The Morgan fingerprint density at radius 3 is 2.87 bits per heavy atom. The molecule has 1 amide bonds. The maximum Gasteiger partial charge on any atom is 0.293 e. The predicted octanol–water partition coefficient (Wildman–Crippen LogP) is 1.13. The van der Waals surface area contributed by atoms with E-state index in [1.54, 1.807) is 10.7 Å². The molecule has 4 heterocycles. The molecular weight excluding hydrogens is 292 g/mol. The average Bonchev–Trinajstić information content (AvgIpc) is 3.27. The summed E-state index contributed by atoms with van der Waals surface area (Å²) >= 11 is 0. The number of rotatable bonds is 3. The van der Waals surface area contributed by atoms with Gasteiger partial charge in [-0.15, -0.1) is 5.10 Å². The van der Waals surface area contributed by atoms with E-state index in [9.17, 15) is 4.79 Å². The monoisotopic (exact) mass is 314 g/mol. The molecule has 2 fully saturated rings. The highest BCUT2D eigenvalue weighted by Crippen LogP contribution is 2.22. The maximum absolute atomic E-state index is 12.9. The maximum atomic E-state index is 12.9. The Kier molecular flexibility index (Phi) is 3.72. The van der Waals surface area contributed by atoms with Gasteiger partial charge in [0.15, 0.2) is 0 Å². The second-order valence-electron chi connectivity index (χ2n) is 6.54. The van der Waals surface area contributed by atoms with Gasteiger partial charge in [-0.05, 0) is 51.8 Å². The number of nitrogens with zero attached hydrogens (tertiary/aromatic N) is 6. The van der Waals surface area contributed by atoms with Crippen molar-refractivity contribution >= 4 is 11.7 Å². The third-order valence-electron chi connectivity index (χ3n) is 4.93. The van der Waals surface area contributed by atoms with Gasteiger partial charge in [0.25, 0.3) is 11.7 Å². The molecule has 2 saturated heterocycles. The fourth-order valence-electron chi connectivity index (χ4n) is 3.68. The number of amides is 1. The molecule has 0 saturated carbocycles. The number of carbonyl (C=O) groups excluding carboxylic acids is 1. The van der Waals surface area contributed by atoms with E-state index in [0.29, 0.717) is 11.8 Å². The molecule has 0 aliphatic carbocycles. The first kappa shape index (κ1) is 14.6. The van der Waals surface area contributed by atoms with Crippen LogP contribution in [0.2, 0.25) is 0 Å². The fourth-order valence-corrected chi connectivity index (χ4v) is 3.68. The van der Waals surface area contributed by atoms with Crippen molar-refractivity contribution in [1.82, 2.24) is 29.4 Å². The summed E-state index contributed by atoms with van der Waals surface area (Å²) in [7, 11) is 0. The summed E-state index contributed by atoms with van der Waals surface area (Å²) in [6.07, 6.45) is 6.39. The zero-order valence-electron chi connectivity index (χ0n) is 13.5. The summed E-state index contributed by atoms with van der Waals surface area (Å²) in [5.74, 6) is 0.695. The van der Waals surface area contributed by atoms with Crippen LogP contribution in [0.3, 0.4) is 0 Å². The molecule has 2 aliphatic heterocycles. The van der Waals surface area contributed by atoms with Crippen LogP contribution in [0.25, 0.3) is 5.78 Å². The normalized spacial score (nSPS) is 22.3. The number of fused-ring (bicyclic) bond motifs is 1. The lowest BCUT2D eigenvalue weighted by atomic mass is 10.2. The molecule has 0 N–H and O–H groups in total. The first-order valence-corrected chi connectivity index (χ1v) is 8.44. The van der Waals surface area contributed by atoms with Crippen molar-refractivity contribution < 1.29 is 4.79 Å². The molecule has 23 heavy (non-hydrogen) atoms. The zero-order valence-corrected chi connectivity index (χ0v) is 13.5. The third kappa shape index (κ3) is 2.69. The molecule has 7 heteroatoms. The number of aryl methyl sites for hydroxylation is 1. The zero-order chi connectivity index (χ0) is 15.8. The number of carbonyl (C=O) groups is 1.